The molecule has 0 aromatic heterocycles. The third-order valence-electron chi connectivity index (χ3n) is 3.03. The van der Waals surface area contributed by atoms with Gasteiger partial charge >= 0.3 is 0 Å². The SMILES string of the molecule is C[C@H](Oc1ccc(C#N)cc1)C(=O)NNC(=S)NCCCN(C)C. The maximum Gasteiger partial charge on any atom is 0.279 e. The molecule has 1 aromatic carbocycles. The highest BCUT2D eigenvalue weighted by Crippen LogP contribution is 2.13. The van der Waals surface area contributed by atoms with Crippen LogP contribution in [0.4, 0.5) is 0 Å². The summed E-state index contributed by atoms with van der Waals surface area (Å²) in [7, 11) is 4.01. The highest BCUT2D eigenvalue weighted by atomic mass is 32.1. The molecule has 0 heterocycles. The van der Waals surface area contributed by atoms with E-state index in [1.54, 1.807) is 31.2 Å². The maximum atomic E-state index is 11.9. The molecule has 1 aromatic rings. The van der Waals surface area contributed by atoms with Crippen LogP contribution >= 0.6 is 12.2 Å². The number of hydrogen-bond acceptors (Lipinski definition) is 5. The summed E-state index contributed by atoms with van der Waals surface area (Å²) in [4.78, 5) is 14.0. The first-order valence-corrected chi connectivity index (χ1v) is 7.98. The van der Waals surface area contributed by atoms with Gasteiger partial charge in [0.1, 0.15) is 5.75 Å². The normalized spacial score (nSPS) is 11.3. The molecule has 1 amide bonds. The van der Waals surface area contributed by atoms with E-state index in [9.17, 15) is 4.79 Å². The van der Waals surface area contributed by atoms with Crippen molar-refractivity contribution in [2.45, 2.75) is 19.4 Å². The number of hydrazine groups is 1. The average molecular weight is 349 g/mol. The molecule has 1 rings (SSSR count). The molecule has 0 spiro atoms. The van der Waals surface area contributed by atoms with Gasteiger partial charge in [0, 0.05) is 6.54 Å². The molecule has 24 heavy (non-hydrogen) atoms. The van der Waals surface area contributed by atoms with E-state index in [1.807, 2.05) is 20.2 Å². The summed E-state index contributed by atoms with van der Waals surface area (Å²) in [5, 5.41) is 12.1. The Morgan fingerprint density at radius 1 is 1.33 bits per heavy atom. The van der Waals surface area contributed by atoms with Gasteiger partial charge in [0.2, 0.25) is 0 Å². The standard InChI is InChI=1S/C16H23N5O2S/c1-12(23-14-7-5-13(11-17)6-8-14)15(22)19-20-16(24)18-9-4-10-21(2)3/h5-8,12H,4,9-10H2,1-3H3,(H,19,22)(H2,18,20,24)/t12-/m0/s1. The minimum Gasteiger partial charge on any atom is -0.481 e. The summed E-state index contributed by atoms with van der Waals surface area (Å²) in [6, 6.07) is 8.57. The first kappa shape index (κ1) is 19.7. The van der Waals surface area contributed by atoms with Crippen LogP contribution in [0.1, 0.15) is 18.9 Å². The number of nitriles is 1. The Labute approximate surface area is 147 Å². The zero-order valence-corrected chi connectivity index (χ0v) is 14.9. The molecule has 0 fully saturated rings. The van der Waals surface area contributed by atoms with Crippen LogP contribution in [0.5, 0.6) is 5.75 Å². The van der Waals surface area contributed by atoms with Crippen molar-refractivity contribution in [2.75, 3.05) is 27.2 Å². The van der Waals surface area contributed by atoms with Crippen molar-refractivity contribution in [2.24, 2.45) is 0 Å². The minimum absolute atomic E-state index is 0.350. The van der Waals surface area contributed by atoms with Gasteiger partial charge in [-0.1, -0.05) is 0 Å². The highest BCUT2D eigenvalue weighted by molar-refractivity contribution is 7.80. The van der Waals surface area contributed by atoms with Crippen molar-refractivity contribution in [3.63, 3.8) is 0 Å². The summed E-state index contributed by atoms with van der Waals surface area (Å²) < 4.78 is 5.50. The zero-order chi connectivity index (χ0) is 17.9. The monoisotopic (exact) mass is 349 g/mol. The molecule has 0 aliphatic heterocycles. The van der Waals surface area contributed by atoms with Crippen molar-refractivity contribution in [1.82, 2.24) is 21.1 Å². The fourth-order valence-electron chi connectivity index (χ4n) is 1.73. The lowest BCUT2D eigenvalue weighted by Gasteiger charge is -2.17. The number of amides is 1. The van der Waals surface area contributed by atoms with Crippen molar-refractivity contribution in [3.05, 3.63) is 29.8 Å². The Kier molecular flexibility index (Phi) is 8.54. The number of carbonyl (C=O) groups is 1. The van der Waals surface area contributed by atoms with Gasteiger partial charge in [-0.3, -0.25) is 15.6 Å². The van der Waals surface area contributed by atoms with Crippen LogP contribution in [0.2, 0.25) is 0 Å². The van der Waals surface area contributed by atoms with E-state index in [-0.39, 0.29) is 5.91 Å². The second-order valence-electron chi connectivity index (χ2n) is 5.42. The molecule has 0 saturated heterocycles. The lowest BCUT2D eigenvalue weighted by Crippen LogP contribution is -2.50. The minimum atomic E-state index is -0.707. The predicted octanol–water partition coefficient (Wildman–Crippen LogP) is 0.773. The van der Waals surface area contributed by atoms with Gasteiger partial charge < -0.3 is 15.0 Å². The molecule has 0 aliphatic rings. The maximum absolute atomic E-state index is 11.9. The third kappa shape index (κ3) is 7.76. The van der Waals surface area contributed by atoms with Crippen molar-refractivity contribution < 1.29 is 9.53 Å². The Balaban J connectivity index is 2.28. The summed E-state index contributed by atoms with van der Waals surface area (Å²) in [6.07, 6.45) is 0.239. The van der Waals surface area contributed by atoms with Crippen LogP contribution in [0, 0.1) is 11.3 Å². The molecule has 1 atom stereocenters. The fourth-order valence-corrected chi connectivity index (χ4v) is 1.88. The summed E-state index contributed by atoms with van der Waals surface area (Å²) in [5.74, 6) is 0.165. The number of thiocarbonyl (C=S) groups is 1. The average Bonchev–Trinajstić information content (AvgIpc) is 2.57. The number of nitrogens with zero attached hydrogens (tertiary/aromatic N) is 2. The first-order valence-electron chi connectivity index (χ1n) is 7.57. The molecule has 0 aliphatic carbocycles. The molecule has 3 N–H and O–H groups in total. The van der Waals surface area contributed by atoms with Gasteiger partial charge in [-0.05, 0) is 70.5 Å². The number of nitrogens with one attached hydrogen (secondary N) is 3. The quantitative estimate of drug-likeness (QED) is 0.381. The Morgan fingerprint density at radius 2 is 2.00 bits per heavy atom. The van der Waals surface area contributed by atoms with E-state index in [2.05, 4.69) is 21.1 Å². The van der Waals surface area contributed by atoms with E-state index in [4.69, 9.17) is 22.2 Å². The summed E-state index contributed by atoms with van der Waals surface area (Å²) in [6.45, 7) is 3.30. The fraction of sp³-hybridized carbons (Fsp3) is 0.438. The number of rotatable bonds is 7. The van der Waals surface area contributed by atoms with Gasteiger partial charge in [-0.2, -0.15) is 5.26 Å². The lowest BCUT2D eigenvalue weighted by molar-refractivity contribution is -0.127. The van der Waals surface area contributed by atoms with E-state index >= 15 is 0 Å². The molecule has 130 valence electrons. The number of benzene rings is 1. The van der Waals surface area contributed by atoms with Gasteiger partial charge in [0.25, 0.3) is 5.91 Å². The van der Waals surface area contributed by atoms with Crippen LogP contribution < -0.4 is 20.9 Å². The van der Waals surface area contributed by atoms with Crippen LogP contribution in [-0.2, 0) is 4.79 Å². The molecule has 0 bridgehead atoms. The molecule has 8 heteroatoms. The zero-order valence-electron chi connectivity index (χ0n) is 14.1. The number of carbonyl (C=O) groups excluding carboxylic acids is 1. The summed E-state index contributed by atoms with van der Waals surface area (Å²) in [5.41, 5.74) is 5.67. The topological polar surface area (TPSA) is 89.4 Å². The second kappa shape index (κ2) is 10.4. The van der Waals surface area contributed by atoms with E-state index < -0.39 is 6.10 Å². The van der Waals surface area contributed by atoms with Crippen molar-refractivity contribution in [3.8, 4) is 11.8 Å². The van der Waals surface area contributed by atoms with E-state index in [0.29, 0.717) is 16.4 Å². The van der Waals surface area contributed by atoms with Crippen LogP contribution in [-0.4, -0.2) is 49.2 Å². The molecule has 0 radical (unpaired) electrons. The Morgan fingerprint density at radius 3 is 2.58 bits per heavy atom. The molecule has 7 nitrogen and oxygen atoms in total. The molecule has 0 unspecified atom stereocenters. The smallest absolute Gasteiger partial charge is 0.279 e. The molecule has 0 saturated carbocycles. The van der Waals surface area contributed by atoms with Gasteiger partial charge in [-0.25, -0.2) is 0 Å². The lowest BCUT2D eigenvalue weighted by atomic mass is 10.2. The van der Waals surface area contributed by atoms with Crippen molar-refractivity contribution >= 4 is 23.2 Å². The van der Waals surface area contributed by atoms with E-state index in [0.717, 1.165) is 19.5 Å². The number of hydrogen-bond donors (Lipinski definition) is 3. The second-order valence-corrected chi connectivity index (χ2v) is 5.83. The predicted molar refractivity (Wildman–Crippen MR) is 96.3 cm³/mol. The van der Waals surface area contributed by atoms with Crippen LogP contribution in [0.15, 0.2) is 24.3 Å². The Bertz CT molecular complexity index is 583. The van der Waals surface area contributed by atoms with Crippen LogP contribution in [0.25, 0.3) is 0 Å². The van der Waals surface area contributed by atoms with Gasteiger partial charge in [-0.15, -0.1) is 0 Å². The molecular formula is C16H23N5O2S. The van der Waals surface area contributed by atoms with Crippen molar-refractivity contribution in [1.29, 1.82) is 5.26 Å². The van der Waals surface area contributed by atoms with Gasteiger partial charge in [0.05, 0.1) is 11.6 Å². The largest absolute Gasteiger partial charge is 0.481 e. The number of ether oxygens (including phenoxy) is 1. The third-order valence-corrected chi connectivity index (χ3v) is 3.28. The van der Waals surface area contributed by atoms with Crippen LogP contribution in [0.3, 0.4) is 0 Å². The van der Waals surface area contributed by atoms with Gasteiger partial charge in [0.15, 0.2) is 11.2 Å². The van der Waals surface area contributed by atoms with E-state index in [1.165, 1.54) is 0 Å². The molecular weight excluding hydrogens is 326 g/mol. The summed E-state index contributed by atoms with van der Waals surface area (Å²) >= 11 is 5.07. The highest BCUT2D eigenvalue weighted by Gasteiger charge is 2.14. The first-order chi connectivity index (χ1) is 11.4. The Hall–Kier alpha value is -2.37.